The van der Waals surface area contributed by atoms with Gasteiger partial charge in [0.1, 0.15) is 0 Å². The zero-order chi connectivity index (χ0) is 12.8. The predicted molar refractivity (Wildman–Crippen MR) is 68.1 cm³/mol. The lowest BCUT2D eigenvalue weighted by Crippen LogP contribution is -2.16. The summed E-state index contributed by atoms with van der Waals surface area (Å²) in [5.41, 5.74) is 5.95. The Morgan fingerprint density at radius 3 is 3.11 bits per heavy atom. The molecule has 7 heteroatoms. The molecule has 2 rings (SSSR count). The summed E-state index contributed by atoms with van der Waals surface area (Å²) in [6.45, 7) is 0.463. The van der Waals surface area contributed by atoms with Gasteiger partial charge in [0, 0.05) is 11.3 Å². The van der Waals surface area contributed by atoms with Gasteiger partial charge in [0.2, 0.25) is 5.88 Å². The van der Waals surface area contributed by atoms with E-state index in [4.69, 9.17) is 15.7 Å². The predicted octanol–water partition coefficient (Wildman–Crippen LogP) is 1.25. The van der Waals surface area contributed by atoms with Crippen molar-refractivity contribution >= 4 is 17.2 Å². The number of oxime groups is 1. The van der Waals surface area contributed by atoms with E-state index in [1.165, 1.54) is 11.1 Å². The number of aromatic nitrogens is 2. The van der Waals surface area contributed by atoms with Gasteiger partial charge in [-0.1, -0.05) is 11.2 Å². The number of nitrogens with two attached hydrogens (primary N) is 1. The first-order valence-electron chi connectivity index (χ1n) is 5.26. The van der Waals surface area contributed by atoms with Crippen LogP contribution >= 0.6 is 11.3 Å². The number of rotatable bonds is 5. The van der Waals surface area contributed by atoms with Gasteiger partial charge in [-0.2, -0.15) is 5.10 Å². The number of hydrogen-bond donors (Lipinski definition) is 2. The van der Waals surface area contributed by atoms with Gasteiger partial charge >= 0.3 is 0 Å². The quantitative estimate of drug-likeness (QED) is 0.367. The third-order valence-corrected chi connectivity index (χ3v) is 3.17. The fourth-order valence-electron chi connectivity index (χ4n) is 1.38. The molecule has 0 atom stereocenters. The van der Waals surface area contributed by atoms with Crippen LogP contribution in [0.3, 0.4) is 0 Å². The van der Waals surface area contributed by atoms with Crippen molar-refractivity contribution in [3.05, 3.63) is 40.2 Å². The van der Waals surface area contributed by atoms with Crippen LogP contribution in [0.25, 0.3) is 0 Å². The topological polar surface area (TPSA) is 93.6 Å². The summed E-state index contributed by atoms with van der Waals surface area (Å²) >= 11 is 1.67. The molecule has 18 heavy (non-hydrogen) atoms. The summed E-state index contributed by atoms with van der Waals surface area (Å²) in [6, 6.07) is 5.61. The highest BCUT2D eigenvalue weighted by Gasteiger charge is 2.09. The van der Waals surface area contributed by atoms with Crippen LogP contribution in [0.2, 0.25) is 0 Å². The zero-order valence-electron chi connectivity index (χ0n) is 9.48. The largest absolute Gasteiger partial charge is 0.476 e. The van der Waals surface area contributed by atoms with Gasteiger partial charge < -0.3 is 15.7 Å². The lowest BCUT2D eigenvalue weighted by Gasteiger charge is -2.07. The van der Waals surface area contributed by atoms with E-state index in [1.807, 2.05) is 17.5 Å². The number of hydrogen-bond acceptors (Lipinski definition) is 6. The number of thiophene rings is 1. The maximum atomic E-state index is 8.65. The Kier molecular flexibility index (Phi) is 4.08. The molecule has 3 N–H and O–H groups in total. The molecule has 0 radical (unpaired) electrons. The molecule has 6 nitrogen and oxygen atoms in total. The molecule has 0 aliphatic heterocycles. The molecule has 0 amide bonds. The Hall–Kier alpha value is -2.15. The Morgan fingerprint density at radius 1 is 1.50 bits per heavy atom. The number of ether oxygens (including phenoxy) is 1. The smallest absolute Gasteiger partial charge is 0.244 e. The minimum atomic E-state index is -0.0453. The third kappa shape index (κ3) is 2.95. The highest BCUT2D eigenvalue weighted by molar-refractivity contribution is 7.09. The van der Waals surface area contributed by atoms with E-state index in [2.05, 4.69) is 15.4 Å². The molecule has 2 aromatic rings. The molecule has 2 heterocycles. The first-order chi connectivity index (χ1) is 8.81. The van der Waals surface area contributed by atoms with Gasteiger partial charge in [-0.3, -0.25) is 0 Å². The number of amidine groups is 1. The van der Waals surface area contributed by atoms with E-state index in [9.17, 15) is 0 Å². The Bertz CT molecular complexity index is 528. The van der Waals surface area contributed by atoms with E-state index in [1.54, 1.807) is 17.4 Å². The van der Waals surface area contributed by atoms with Crippen LogP contribution in [-0.4, -0.2) is 27.8 Å². The first-order valence-corrected chi connectivity index (χ1v) is 6.14. The van der Waals surface area contributed by atoms with Crippen molar-refractivity contribution in [2.45, 2.75) is 6.42 Å². The summed E-state index contributed by atoms with van der Waals surface area (Å²) in [6.07, 6.45) is 2.24. The minimum Gasteiger partial charge on any atom is -0.476 e. The van der Waals surface area contributed by atoms with E-state index >= 15 is 0 Å². The molecule has 2 aromatic heterocycles. The van der Waals surface area contributed by atoms with Gasteiger partial charge in [0.15, 0.2) is 5.84 Å². The Balaban J connectivity index is 2.01. The number of nitrogens with zero attached hydrogens (tertiary/aromatic N) is 3. The van der Waals surface area contributed by atoms with Gasteiger partial charge in [-0.25, -0.2) is 0 Å². The molecular weight excluding hydrogens is 252 g/mol. The van der Waals surface area contributed by atoms with Gasteiger partial charge in [0.25, 0.3) is 0 Å². The van der Waals surface area contributed by atoms with Crippen LogP contribution in [0.15, 0.2) is 34.9 Å². The SMILES string of the molecule is N/C(=N/O)c1ccnnc1OCCc1cccs1. The average Bonchev–Trinajstić information content (AvgIpc) is 2.92. The monoisotopic (exact) mass is 264 g/mol. The van der Waals surface area contributed by atoms with Gasteiger partial charge in [0.05, 0.1) is 18.4 Å². The molecule has 0 bridgehead atoms. The fraction of sp³-hybridized carbons (Fsp3) is 0.182. The average molecular weight is 264 g/mol. The highest BCUT2D eigenvalue weighted by Crippen LogP contribution is 2.14. The van der Waals surface area contributed by atoms with Crippen molar-refractivity contribution in [2.75, 3.05) is 6.61 Å². The molecule has 0 saturated carbocycles. The van der Waals surface area contributed by atoms with Crippen molar-refractivity contribution in [1.82, 2.24) is 10.2 Å². The molecule has 94 valence electrons. The van der Waals surface area contributed by atoms with Crippen molar-refractivity contribution in [3.8, 4) is 5.88 Å². The molecule has 0 aromatic carbocycles. The molecule has 0 saturated heterocycles. The van der Waals surface area contributed by atoms with E-state index in [0.717, 1.165) is 6.42 Å². The normalized spacial score (nSPS) is 11.4. The Labute approximate surface area is 108 Å². The van der Waals surface area contributed by atoms with Crippen LogP contribution in [0.1, 0.15) is 10.4 Å². The molecule has 0 unspecified atom stereocenters. The molecular formula is C11H12N4O2S. The van der Waals surface area contributed by atoms with Crippen molar-refractivity contribution in [2.24, 2.45) is 10.9 Å². The fourth-order valence-corrected chi connectivity index (χ4v) is 2.07. The van der Waals surface area contributed by atoms with Crippen LogP contribution < -0.4 is 10.5 Å². The van der Waals surface area contributed by atoms with Gasteiger partial charge in [-0.05, 0) is 17.5 Å². The van der Waals surface area contributed by atoms with Crippen molar-refractivity contribution < 1.29 is 9.94 Å². The van der Waals surface area contributed by atoms with Crippen LogP contribution in [0.4, 0.5) is 0 Å². The lowest BCUT2D eigenvalue weighted by molar-refractivity contribution is 0.303. The van der Waals surface area contributed by atoms with E-state index in [0.29, 0.717) is 12.2 Å². The highest BCUT2D eigenvalue weighted by atomic mass is 32.1. The Morgan fingerprint density at radius 2 is 2.39 bits per heavy atom. The molecule has 0 fully saturated rings. The maximum Gasteiger partial charge on any atom is 0.244 e. The minimum absolute atomic E-state index is 0.0453. The summed E-state index contributed by atoms with van der Waals surface area (Å²) in [5.74, 6) is 0.223. The van der Waals surface area contributed by atoms with E-state index in [-0.39, 0.29) is 11.7 Å². The third-order valence-electron chi connectivity index (χ3n) is 2.24. The van der Waals surface area contributed by atoms with Crippen molar-refractivity contribution in [1.29, 1.82) is 0 Å². The van der Waals surface area contributed by atoms with Crippen LogP contribution in [0.5, 0.6) is 5.88 Å². The second-order valence-corrected chi connectivity index (χ2v) is 4.45. The standard InChI is InChI=1S/C11H12N4O2S/c12-10(15-16)9-3-5-13-14-11(9)17-6-4-8-2-1-7-18-8/h1-3,5,7,16H,4,6H2,(H2,12,15). The maximum absolute atomic E-state index is 8.65. The zero-order valence-corrected chi connectivity index (χ0v) is 10.3. The summed E-state index contributed by atoms with van der Waals surface area (Å²) in [7, 11) is 0. The molecule has 0 aliphatic rings. The first kappa shape index (κ1) is 12.3. The van der Waals surface area contributed by atoms with E-state index < -0.39 is 0 Å². The van der Waals surface area contributed by atoms with Gasteiger partial charge in [-0.15, -0.1) is 16.4 Å². The second-order valence-electron chi connectivity index (χ2n) is 3.41. The molecule has 0 aliphatic carbocycles. The summed E-state index contributed by atoms with van der Waals surface area (Å²) in [5, 5.41) is 21.1. The van der Waals surface area contributed by atoms with Crippen molar-refractivity contribution in [3.63, 3.8) is 0 Å². The van der Waals surface area contributed by atoms with Crippen LogP contribution in [0, 0.1) is 0 Å². The molecule has 0 spiro atoms. The summed E-state index contributed by atoms with van der Waals surface area (Å²) < 4.78 is 5.49. The van der Waals surface area contributed by atoms with Crippen LogP contribution in [-0.2, 0) is 6.42 Å². The lowest BCUT2D eigenvalue weighted by atomic mass is 10.3. The summed E-state index contributed by atoms with van der Waals surface area (Å²) in [4.78, 5) is 1.23. The second kappa shape index (κ2) is 5.97.